The third-order valence-electron chi connectivity index (χ3n) is 2.80. The van der Waals surface area contributed by atoms with E-state index in [1.54, 1.807) is 0 Å². The van der Waals surface area contributed by atoms with Gasteiger partial charge in [0.15, 0.2) is 0 Å². The molecule has 0 amide bonds. The van der Waals surface area contributed by atoms with Gasteiger partial charge in [-0.1, -0.05) is 13.3 Å². The second-order valence-corrected chi connectivity index (χ2v) is 5.88. The molecule has 1 aliphatic rings. The molecule has 0 saturated heterocycles. The van der Waals surface area contributed by atoms with Crippen LogP contribution in [0.5, 0.6) is 0 Å². The van der Waals surface area contributed by atoms with E-state index in [9.17, 15) is 4.21 Å². The molecule has 1 rings (SSSR count). The van der Waals surface area contributed by atoms with Crippen LogP contribution in [-0.4, -0.2) is 34.3 Å². The zero-order valence-electron chi connectivity index (χ0n) is 9.00. The second kappa shape index (κ2) is 6.53. The van der Waals surface area contributed by atoms with Gasteiger partial charge < -0.3 is 11.1 Å². The van der Waals surface area contributed by atoms with Crippen molar-refractivity contribution in [3.05, 3.63) is 0 Å². The fraction of sp³-hybridized carbons (Fsp3) is 1.00. The molecule has 1 fully saturated rings. The molecule has 14 heavy (non-hydrogen) atoms. The molecular weight excluding hydrogens is 196 g/mol. The van der Waals surface area contributed by atoms with Crippen LogP contribution in [0.25, 0.3) is 0 Å². The molecular formula is C10H22N2OS. The molecule has 0 radical (unpaired) electrons. The van der Waals surface area contributed by atoms with Crippen LogP contribution in [0.15, 0.2) is 0 Å². The summed E-state index contributed by atoms with van der Waals surface area (Å²) < 4.78 is 11.2. The van der Waals surface area contributed by atoms with Crippen molar-refractivity contribution in [3.8, 4) is 0 Å². The lowest BCUT2D eigenvalue weighted by atomic mass is 9.92. The maximum absolute atomic E-state index is 11.2. The van der Waals surface area contributed by atoms with E-state index in [1.807, 2.05) is 6.92 Å². The summed E-state index contributed by atoms with van der Waals surface area (Å²) >= 11 is 0. The lowest BCUT2D eigenvalue weighted by Gasteiger charge is -2.27. The molecule has 0 aliphatic heterocycles. The minimum atomic E-state index is -0.634. The maximum Gasteiger partial charge on any atom is 0.0360 e. The second-order valence-electron chi connectivity index (χ2n) is 4.01. The van der Waals surface area contributed by atoms with Crippen molar-refractivity contribution in [2.24, 2.45) is 5.73 Å². The summed E-state index contributed by atoms with van der Waals surface area (Å²) in [6.07, 6.45) is 4.71. The Kier molecular flexibility index (Phi) is 5.67. The van der Waals surface area contributed by atoms with Gasteiger partial charge in [-0.15, -0.1) is 0 Å². The number of nitrogens with one attached hydrogen (secondary N) is 1. The van der Waals surface area contributed by atoms with E-state index in [-0.39, 0.29) is 0 Å². The summed E-state index contributed by atoms with van der Waals surface area (Å²) in [4.78, 5) is 0. The van der Waals surface area contributed by atoms with Gasteiger partial charge in [-0.25, -0.2) is 0 Å². The lowest BCUT2D eigenvalue weighted by molar-refractivity contribution is 0.345. The minimum Gasteiger partial charge on any atom is -0.328 e. The summed E-state index contributed by atoms with van der Waals surface area (Å²) in [5, 5.41) is 3.44. The molecule has 3 atom stereocenters. The first-order chi connectivity index (χ1) is 6.72. The standard InChI is InChI=1S/C10H22N2OS/c1-2-14(13)7-6-12-10-5-3-4-9(11)8-10/h9-10,12H,2-8,11H2,1H3. The Bertz CT molecular complexity index is 187. The molecule has 0 aromatic rings. The van der Waals surface area contributed by atoms with Crippen molar-refractivity contribution < 1.29 is 4.21 Å². The van der Waals surface area contributed by atoms with E-state index in [0.29, 0.717) is 12.1 Å². The zero-order chi connectivity index (χ0) is 10.4. The topological polar surface area (TPSA) is 55.1 Å². The Labute approximate surface area is 89.3 Å². The molecule has 84 valence electrons. The predicted octanol–water partition coefficient (Wildman–Crippen LogP) is 0.614. The van der Waals surface area contributed by atoms with E-state index >= 15 is 0 Å². The molecule has 3 nitrogen and oxygen atoms in total. The number of hydrogen-bond donors (Lipinski definition) is 2. The van der Waals surface area contributed by atoms with E-state index in [4.69, 9.17) is 5.73 Å². The third kappa shape index (κ3) is 4.53. The average molecular weight is 218 g/mol. The Hall–Kier alpha value is 0.0700. The molecule has 1 aliphatic carbocycles. The van der Waals surface area contributed by atoms with Crippen LogP contribution >= 0.6 is 0 Å². The van der Waals surface area contributed by atoms with Crippen molar-refractivity contribution in [2.75, 3.05) is 18.1 Å². The van der Waals surface area contributed by atoms with Gasteiger partial charge in [0.25, 0.3) is 0 Å². The highest BCUT2D eigenvalue weighted by atomic mass is 32.2. The van der Waals surface area contributed by atoms with Gasteiger partial charge in [-0.2, -0.15) is 0 Å². The van der Waals surface area contributed by atoms with Crippen molar-refractivity contribution in [3.63, 3.8) is 0 Å². The van der Waals surface area contributed by atoms with Gasteiger partial charge in [0.2, 0.25) is 0 Å². The Morgan fingerprint density at radius 2 is 2.29 bits per heavy atom. The third-order valence-corrected chi connectivity index (χ3v) is 4.10. The van der Waals surface area contributed by atoms with Gasteiger partial charge in [0.05, 0.1) is 0 Å². The largest absolute Gasteiger partial charge is 0.328 e. The molecule has 3 N–H and O–H groups in total. The molecule has 0 aromatic heterocycles. The van der Waals surface area contributed by atoms with E-state index in [1.165, 1.54) is 19.3 Å². The predicted molar refractivity (Wildman–Crippen MR) is 61.8 cm³/mol. The van der Waals surface area contributed by atoms with E-state index in [2.05, 4.69) is 5.32 Å². The fourth-order valence-corrected chi connectivity index (χ4v) is 2.57. The normalized spacial score (nSPS) is 30.1. The summed E-state index contributed by atoms with van der Waals surface area (Å²) in [6.45, 7) is 2.84. The molecule has 1 saturated carbocycles. The molecule has 0 spiro atoms. The van der Waals surface area contributed by atoms with E-state index in [0.717, 1.165) is 24.5 Å². The lowest BCUT2D eigenvalue weighted by Crippen LogP contribution is -2.40. The van der Waals surface area contributed by atoms with Crippen molar-refractivity contribution >= 4 is 10.8 Å². The monoisotopic (exact) mass is 218 g/mol. The van der Waals surface area contributed by atoms with Crippen LogP contribution in [-0.2, 0) is 10.8 Å². The average Bonchev–Trinajstić information content (AvgIpc) is 2.17. The first-order valence-electron chi connectivity index (χ1n) is 5.56. The number of rotatable bonds is 5. The zero-order valence-corrected chi connectivity index (χ0v) is 9.81. The minimum absolute atomic E-state index is 0.373. The highest BCUT2D eigenvalue weighted by Gasteiger charge is 2.18. The molecule has 4 heteroatoms. The number of nitrogens with two attached hydrogens (primary N) is 1. The Morgan fingerprint density at radius 3 is 2.93 bits per heavy atom. The van der Waals surface area contributed by atoms with Crippen molar-refractivity contribution in [2.45, 2.75) is 44.7 Å². The summed E-state index contributed by atoms with van der Waals surface area (Å²) in [5.74, 6) is 1.55. The maximum atomic E-state index is 11.2. The van der Waals surface area contributed by atoms with Crippen LogP contribution in [0.2, 0.25) is 0 Å². The Balaban J connectivity index is 2.08. The summed E-state index contributed by atoms with van der Waals surface area (Å²) in [7, 11) is -0.634. The van der Waals surface area contributed by atoms with Gasteiger partial charge >= 0.3 is 0 Å². The highest BCUT2D eigenvalue weighted by Crippen LogP contribution is 2.16. The molecule has 0 bridgehead atoms. The Morgan fingerprint density at radius 1 is 1.50 bits per heavy atom. The van der Waals surface area contributed by atoms with Crippen LogP contribution in [0.3, 0.4) is 0 Å². The van der Waals surface area contributed by atoms with Crippen LogP contribution in [0.4, 0.5) is 0 Å². The van der Waals surface area contributed by atoms with Crippen LogP contribution in [0.1, 0.15) is 32.6 Å². The van der Waals surface area contributed by atoms with Gasteiger partial charge in [0, 0.05) is 40.9 Å². The summed E-state index contributed by atoms with van der Waals surface area (Å²) in [6, 6.07) is 0.936. The smallest absolute Gasteiger partial charge is 0.0360 e. The molecule has 0 heterocycles. The van der Waals surface area contributed by atoms with Crippen LogP contribution < -0.4 is 11.1 Å². The first-order valence-corrected chi connectivity index (χ1v) is 7.05. The fourth-order valence-electron chi connectivity index (χ4n) is 1.93. The quantitative estimate of drug-likeness (QED) is 0.711. The van der Waals surface area contributed by atoms with Crippen molar-refractivity contribution in [1.29, 1.82) is 0 Å². The van der Waals surface area contributed by atoms with Crippen molar-refractivity contribution in [1.82, 2.24) is 5.32 Å². The number of hydrogen-bond acceptors (Lipinski definition) is 3. The van der Waals surface area contributed by atoms with E-state index < -0.39 is 10.8 Å². The highest BCUT2D eigenvalue weighted by molar-refractivity contribution is 7.84. The molecule has 3 unspecified atom stereocenters. The summed E-state index contributed by atoms with van der Waals surface area (Å²) in [5.41, 5.74) is 5.88. The van der Waals surface area contributed by atoms with Crippen LogP contribution in [0, 0.1) is 0 Å². The molecule has 0 aromatic carbocycles. The first kappa shape index (κ1) is 12.1. The van der Waals surface area contributed by atoms with Gasteiger partial charge in [0.1, 0.15) is 0 Å². The SMILES string of the molecule is CCS(=O)CCNC1CCCC(N)C1. The van der Waals surface area contributed by atoms with Gasteiger partial charge in [-0.3, -0.25) is 4.21 Å². The van der Waals surface area contributed by atoms with Gasteiger partial charge in [-0.05, 0) is 19.3 Å².